The number of rotatable bonds is 8. The molecule has 1 saturated heterocycles. The lowest BCUT2D eigenvalue weighted by atomic mass is 9.84. The molecule has 1 aromatic heterocycles. The minimum Gasteiger partial charge on any atom is -0.349 e. The van der Waals surface area contributed by atoms with Gasteiger partial charge in [0.15, 0.2) is 5.78 Å². The number of pyridine rings is 1. The van der Waals surface area contributed by atoms with Crippen LogP contribution in [0.15, 0.2) is 72.8 Å². The largest absolute Gasteiger partial charge is 0.349 e. The average Bonchev–Trinajstić information content (AvgIpc) is 3.57. The van der Waals surface area contributed by atoms with Crippen molar-refractivity contribution in [3.63, 3.8) is 0 Å². The minimum absolute atomic E-state index is 0.0205. The number of carbonyl (C=O) groups excluding carboxylic acids is 2. The molecule has 1 N–H and O–H groups in total. The fourth-order valence-corrected chi connectivity index (χ4v) is 7.91. The number of Topliss-reactive ketones (excluding diaryl/α,β-unsaturated/α-hetero) is 1. The second-order valence-electron chi connectivity index (χ2n) is 13.0. The molecule has 2 fully saturated rings. The van der Waals surface area contributed by atoms with E-state index in [2.05, 4.69) is 40.3 Å². The number of hydrogen-bond donors (Lipinski definition) is 1. The standard InChI is InChI=1S/C38H41N3O2/c1-24-8-15-32(31-16-9-25(2)39-37(24)31)38(43)40-29-13-10-26(11-14-29)20-21-41-34-18-19-35(41)33-23-28(12-17-30(33)34)36(42)22-27-6-4-3-5-7-27/h3-9,12,15-17,23,26,29,34-35H,10-11,13-14,18-22H2,1-2H3,(H,40,43)/t26?,29?,34-,35+/m0/s1. The zero-order valence-corrected chi connectivity index (χ0v) is 25.3. The van der Waals surface area contributed by atoms with Crippen LogP contribution in [0.1, 0.15) is 106 Å². The van der Waals surface area contributed by atoms with E-state index in [9.17, 15) is 9.59 Å². The lowest BCUT2D eigenvalue weighted by Crippen LogP contribution is -2.38. The molecule has 1 saturated carbocycles. The zero-order valence-electron chi connectivity index (χ0n) is 25.3. The van der Waals surface area contributed by atoms with Gasteiger partial charge >= 0.3 is 0 Å². The summed E-state index contributed by atoms with van der Waals surface area (Å²) < 4.78 is 0. The number of benzene rings is 3. The van der Waals surface area contributed by atoms with E-state index < -0.39 is 0 Å². The first-order valence-corrected chi connectivity index (χ1v) is 16.1. The summed E-state index contributed by atoms with van der Waals surface area (Å²) in [5.41, 5.74) is 8.46. The van der Waals surface area contributed by atoms with Crippen LogP contribution in [-0.4, -0.2) is 34.2 Å². The lowest BCUT2D eigenvalue weighted by Gasteiger charge is -2.31. The number of nitrogens with zero attached hydrogens (tertiary/aromatic N) is 2. The molecule has 0 unspecified atom stereocenters. The first kappa shape index (κ1) is 28.0. The Morgan fingerprint density at radius 3 is 2.40 bits per heavy atom. The van der Waals surface area contributed by atoms with Gasteiger partial charge in [-0.2, -0.15) is 0 Å². The zero-order chi connectivity index (χ0) is 29.5. The third kappa shape index (κ3) is 5.51. The van der Waals surface area contributed by atoms with Crippen molar-refractivity contribution < 1.29 is 9.59 Å². The van der Waals surface area contributed by atoms with E-state index in [0.717, 1.165) is 71.1 Å². The van der Waals surface area contributed by atoms with E-state index in [0.29, 0.717) is 24.4 Å². The first-order valence-electron chi connectivity index (χ1n) is 16.1. The van der Waals surface area contributed by atoms with E-state index in [4.69, 9.17) is 0 Å². The van der Waals surface area contributed by atoms with Crippen molar-refractivity contribution in [3.8, 4) is 0 Å². The summed E-state index contributed by atoms with van der Waals surface area (Å²) in [6.07, 6.45) is 8.47. The Bertz CT molecular complexity index is 1670. The number of aryl methyl sites for hydroxylation is 2. The van der Waals surface area contributed by atoms with Gasteiger partial charge in [0.1, 0.15) is 0 Å². The van der Waals surface area contributed by atoms with Crippen molar-refractivity contribution in [2.75, 3.05) is 6.54 Å². The molecule has 1 aliphatic carbocycles. The van der Waals surface area contributed by atoms with Gasteiger partial charge in [-0.3, -0.25) is 19.5 Å². The van der Waals surface area contributed by atoms with Crippen LogP contribution in [0.5, 0.6) is 0 Å². The Labute approximate surface area is 254 Å². The summed E-state index contributed by atoms with van der Waals surface area (Å²) in [4.78, 5) is 33.7. The quantitative estimate of drug-likeness (QED) is 0.219. The van der Waals surface area contributed by atoms with Crippen molar-refractivity contribution in [1.29, 1.82) is 0 Å². The maximum atomic E-state index is 13.3. The first-order chi connectivity index (χ1) is 20.9. The Kier molecular flexibility index (Phi) is 7.60. The van der Waals surface area contributed by atoms with E-state index in [1.165, 1.54) is 30.4 Å². The Morgan fingerprint density at radius 1 is 0.837 bits per heavy atom. The molecule has 1 amide bonds. The summed E-state index contributed by atoms with van der Waals surface area (Å²) in [6, 6.07) is 25.7. The molecule has 3 heterocycles. The molecule has 220 valence electrons. The van der Waals surface area contributed by atoms with E-state index in [1.54, 1.807) is 0 Å². The van der Waals surface area contributed by atoms with Crippen LogP contribution in [-0.2, 0) is 6.42 Å². The topological polar surface area (TPSA) is 62.3 Å². The van der Waals surface area contributed by atoms with Gasteiger partial charge in [0, 0.05) is 46.8 Å². The summed E-state index contributed by atoms with van der Waals surface area (Å²) in [6.45, 7) is 5.15. The van der Waals surface area contributed by atoms with Crippen molar-refractivity contribution in [2.24, 2.45) is 5.92 Å². The molecule has 2 atom stereocenters. The summed E-state index contributed by atoms with van der Waals surface area (Å²) in [5.74, 6) is 0.924. The third-order valence-corrected chi connectivity index (χ3v) is 10.3. The highest BCUT2D eigenvalue weighted by molar-refractivity contribution is 6.07. The van der Waals surface area contributed by atoms with E-state index in [1.807, 2.05) is 61.5 Å². The van der Waals surface area contributed by atoms with Crippen LogP contribution in [0.25, 0.3) is 10.9 Å². The second-order valence-corrected chi connectivity index (χ2v) is 13.0. The molecular formula is C38H41N3O2. The molecule has 7 rings (SSSR count). The van der Waals surface area contributed by atoms with Crippen molar-refractivity contribution in [2.45, 2.75) is 83.3 Å². The summed E-state index contributed by atoms with van der Waals surface area (Å²) in [5, 5.41) is 4.28. The van der Waals surface area contributed by atoms with Crippen molar-refractivity contribution in [3.05, 3.63) is 112 Å². The number of aromatic nitrogens is 1. The smallest absolute Gasteiger partial charge is 0.252 e. The molecule has 3 aliphatic rings. The normalized spacial score (nSPS) is 22.9. The van der Waals surface area contributed by atoms with Crippen molar-refractivity contribution >= 4 is 22.6 Å². The molecule has 2 aliphatic heterocycles. The molecule has 5 nitrogen and oxygen atoms in total. The number of ketones is 1. The summed E-state index contributed by atoms with van der Waals surface area (Å²) in [7, 11) is 0. The number of carbonyl (C=O) groups is 2. The van der Waals surface area contributed by atoms with Gasteiger partial charge in [-0.05, 0) is 112 Å². The fraction of sp³-hybridized carbons (Fsp3) is 0.395. The monoisotopic (exact) mass is 571 g/mol. The highest BCUT2D eigenvalue weighted by Gasteiger charge is 2.43. The van der Waals surface area contributed by atoms with Crippen LogP contribution >= 0.6 is 0 Å². The summed E-state index contributed by atoms with van der Waals surface area (Å²) >= 11 is 0. The number of hydrogen-bond acceptors (Lipinski definition) is 4. The molecule has 0 radical (unpaired) electrons. The minimum atomic E-state index is 0.0205. The maximum absolute atomic E-state index is 13.3. The number of fused-ring (bicyclic) bond motifs is 6. The van der Waals surface area contributed by atoms with Gasteiger partial charge in [-0.15, -0.1) is 0 Å². The Morgan fingerprint density at radius 2 is 1.60 bits per heavy atom. The van der Waals surface area contributed by atoms with Gasteiger partial charge in [0.05, 0.1) is 5.52 Å². The van der Waals surface area contributed by atoms with Crippen LogP contribution in [0, 0.1) is 19.8 Å². The lowest BCUT2D eigenvalue weighted by molar-refractivity contribution is 0.0919. The van der Waals surface area contributed by atoms with E-state index >= 15 is 0 Å². The van der Waals surface area contributed by atoms with Gasteiger partial charge in [-0.1, -0.05) is 54.6 Å². The SMILES string of the molecule is Cc1ccc2c(C(=O)NC3CCC(CCN4[C@@H]5CC[C@H]4c4ccc(C(=O)Cc6ccccc6)cc45)CC3)ccc(C)c2n1. The molecular weight excluding hydrogens is 530 g/mol. The predicted octanol–water partition coefficient (Wildman–Crippen LogP) is 7.85. The molecule has 2 bridgehead atoms. The van der Waals surface area contributed by atoms with Crippen LogP contribution in [0.3, 0.4) is 0 Å². The molecule has 43 heavy (non-hydrogen) atoms. The van der Waals surface area contributed by atoms with Crippen LogP contribution in [0.2, 0.25) is 0 Å². The average molecular weight is 572 g/mol. The molecule has 5 heteroatoms. The van der Waals surface area contributed by atoms with Crippen LogP contribution < -0.4 is 5.32 Å². The van der Waals surface area contributed by atoms with Gasteiger partial charge in [-0.25, -0.2) is 0 Å². The molecule has 0 spiro atoms. The van der Waals surface area contributed by atoms with Gasteiger partial charge < -0.3 is 5.32 Å². The van der Waals surface area contributed by atoms with Crippen LogP contribution in [0.4, 0.5) is 0 Å². The molecule has 3 aromatic carbocycles. The number of amides is 1. The highest BCUT2D eigenvalue weighted by Crippen LogP contribution is 2.53. The van der Waals surface area contributed by atoms with Gasteiger partial charge in [0.25, 0.3) is 5.91 Å². The van der Waals surface area contributed by atoms with Crippen molar-refractivity contribution in [1.82, 2.24) is 15.2 Å². The second kappa shape index (κ2) is 11.7. The predicted molar refractivity (Wildman–Crippen MR) is 171 cm³/mol. The highest BCUT2D eigenvalue weighted by atomic mass is 16.1. The van der Waals surface area contributed by atoms with E-state index in [-0.39, 0.29) is 17.7 Å². The Hall–Kier alpha value is -3.83. The Balaban J connectivity index is 0.929. The maximum Gasteiger partial charge on any atom is 0.252 e. The van der Waals surface area contributed by atoms with Gasteiger partial charge in [0.2, 0.25) is 0 Å². The fourth-order valence-electron chi connectivity index (χ4n) is 7.91. The third-order valence-electron chi connectivity index (χ3n) is 10.3. The molecule has 4 aromatic rings. The number of nitrogens with one attached hydrogen (secondary N) is 1.